The Morgan fingerprint density at radius 1 is 1.04 bits per heavy atom. The van der Waals surface area contributed by atoms with Gasteiger partial charge in [0, 0.05) is 13.1 Å². The van der Waals surface area contributed by atoms with Gasteiger partial charge in [-0.05, 0) is 35.4 Å². The number of ether oxygens (including phenoxy) is 2. The Hall–Kier alpha value is -2.32. The number of aliphatic hydroxyl groups excluding tert-OH is 1. The van der Waals surface area contributed by atoms with Crippen LogP contribution in [0.3, 0.4) is 0 Å². The molecule has 0 bridgehead atoms. The maximum atomic E-state index is 13.3. The van der Waals surface area contributed by atoms with Crippen molar-refractivity contribution in [1.29, 1.82) is 0 Å². The van der Waals surface area contributed by atoms with Crippen molar-refractivity contribution in [3.05, 3.63) is 58.9 Å². The van der Waals surface area contributed by atoms with Crippen LogP contribution in [0.5, 0.6) is 11.5 Å². The van der Waals surface area contributed by atoms with Gasteiger partial charge in [-0.25, -0.2) is 4.39 Å². The second kappa shape index (κ2) is 8.86. The largest absolute Gasteiger partial charge is 0.493 e. The summed E-state index contributed by atoms with van der Waals surface area (Å²) in [5, 5.41) is 11.8. The molecular weight excluding hydrogens is 354 g/mol. The first-order chi connectivity index (χ1) is 12.3. The Balaban J connectivity index is 2.14. The van der Waals surface area contributed by atoms with Gasteiger partial charge in [0.2, 0.25) is 0 Å². The van der Waals surface area contributed by atoms with Crippen molar-refractivity contribution in [3.63, 3.8) is 0 Å². The van der Waals surface area contributed by atoms with Crippen molar-refractivity contribution < 1.29 is 32.1 Å². The first-order valence-corrected chi connectivity index (χ1v) is 7.82. The monoisotopic (exact) mass is 373 g/mol. The molecule has 0 saturated carbocycles. The van der Waals surface area contributed by atoms with Crippen LogP contribution in [0.4, 0.5) is 17.6 Å². The standard InChI is InChI=1S/C18H19F4NO3/c1-25-16-5-3-12(10-23-6-7-24)9-17(16)26-11-13-2-4-15(19)14(8-13)18(20,21)22/h2-5,8-9,23-24H,6-7,10-11H2,1H3. The highest BCUT2D eigenvalue weighted by molar-refractivity contribution is 5.43. The molecule has 8 heteroatoms. The number of methoxy groups -OCH3 is 1. The van der Waals surface area contributed by atoms with Crippen molar-refractivity contribution in [1.82, 2.24) is 5.32 Å². The van der Waals surface area contributed by atoms with Crippen LogP contribution in [0.2, 0.25) is 0 Å². The van der Waals surface area contributed by atoms with Crippen molar-refractivity contribution in [2.75, 3.05) is 20.3 Å². The maximum Gasteiger partial charge on any atom is 0.419 e. The quantitative estimate of drug-likeness (QED) is 0.549. The molecule has 0 amide bonds. The Kier molecular flexibility index (Phi) is 6.82. The summed E-state index contributed by atoms with van der Waals surface area (Å²) in [6, 6.07) is 7.91. The van der Waals surface area contributed by atoms with Gasteiger partial charge >= 0.3 is 6.18 Å². The van der Waals surface area contributed by atoms with E-state index < -0.39 is 17.6 Å². The van der Waals surface area contributed by atoms with E-state index in [0.29, 0.717) is 24.6 Å². The number of benzene rings is 2. The zero-order chi connectivity index (χ0) is 19.2. The predicted molar refractivity (Wildman–Crippen MR) is 87.5 cm³/mol. The Morgan fingerprint density at radius 2 is 1.77 bits per heavy atom. The van der Waals surface area contributed by atoms with Gasteiger partial charge in [-0.1, -0.05) is 12.1 Å². The molecule has 2 aromatic rings. The van der Waals surface area contributed by atoms with Gasteiger partial charge in [-0.3, -0.25) is 0 Å². The number of alkyl halides is 3. The molecule has 0 aliphatic carbocycles. The van der Waals surface area contributed by atoms with Gasteiger partial charge in [0.15, 0.2) is 11.5 Å². The number of hydrogen-bond donors (Lipinski definition) is 2. The summed E-state index contributed by atoms with van der Waals surface area (Å²) < 4.78 is 62.5. The van der Waals surface area contributed by atoms with Gasteiger partial charge in [0.25, 0.3) is 0 Å². The van der Waals surface area contributed by atoms with Crippen molar-refractivity contribution in [2.24, 2.45) is 0 Å². The summed E-state index contributed by atoms with van der Waals surface area (Å²) in [6.45, 7) is 0.743. The van der Waals surface area contributed by atoms with E-state index in [1.807, 2.05) is 0 Å². The third kappa shape index (κ3) is 5.34. The highest BCUT2D eigenvalue weighted by atomic mass is 19.4. The van der Waals surface area contributed by atoms with Gasteiger partial charge in [-0.15, -0.1) is 0 Å². The topological polar surface area (TPSA) is 50.7 Å². The van der Waals surface area contributed by atoms with E-state index in [1.165, 1.54) is 13.2 Å². The minimum Gasteiger partial charge on any atom is -0.493 e. The van der Waals surface area contributed by atoms with Gasteiger partial charge in [-0.2, -0.15) is 13.2 Å². The molecular formula is C18H19F4NO3. The Labute approximate surface area is 148 Å². The fourth-order valence-electron chi connectivity index (χ4n) is 2.30. The summed E-state index contributed by atoms with van der Waals surface area (Å²) in [4.78, 5) is 0. The van der Waals surface area contributed by atoms with Crippen molar-refractivity contribution >= 4 is 0 Å². The van der Waals surface area contributed by atoms with E-state index in [9.17, 15) is 17.6 Å². The summed E-state index contributed by atoms with van der Waals surface area (Å²) in [5.74, 6) is -0.543. The molecule has 2 rings (SSSR count). The lowest BCUT2D eigenvalue weighted by Gasteiger charge is -2.14. The van der Waals surface area contributed by atoms with Crippen LogP contribution in [-0.2, 0) is 19.3 Å². The average molecular weight is 373 g/mol. The molecule has 2 aromatic carbocycles. The molecule has 2 N–H and O–H groups in total. The minimum absolute atomic E-state index is 0.00557. The molecule has 0 aromatic heterocycles. The van der Waals surface area contributed by atoms with Crippen LogP contribution in [-0.4, -0.2) is 25.4 Å². The molecule has 0 radical (unpaired) electrons. The van der Waals surface area contributed by atoms with Gasteiger partial charge in [0.05, 0.1) is 19.3 Å². The predicted octanol–water partition coefficient (Wildman–Crippen LogP) is 3.51. The van der Waals surface area contributed by atoms with E-state index in [0.717, 1.165) is 17.7 Å². The fourth-order valence-corrected chi connectivity index (χ4v) is 2.30. The van der Waals surface area contributed by atoms with E-state index in [1.54, 1.807) is 18.2 Å². The number of rotatable bonds is 8. The zero-order valence-electron chi connectivity index (χ0n) is 14.1. The molecule has 0 spiro atoms. The first-order valence-electron chi connectivity index (χ1n) is 7.82. The van der Waals surface area contributed by atoms with Crippen LogP contribution >= 0.6 is 0 Å². The molecule has 4 nitrogen and oxygen atoms in total. The first kappa shape index (κ1) is 20.0. The van der Waals surface area contributed by atoms with Crippen LogP contribution in [0.1, 0.15) is 16.7 Å². The molecule has 0 aliphatic heterocycles. The molecule has 142 valence electrons. The summed E-state index contributed by atoms with van der Waals surface area (Å²) in [7, 11) is 1.45. The number of aliphatic hydroxyl groups is 1. The Bertz CT molecular complexity index is 735. The summed E-state index contributed by atoms with van der Waals surface area (Å²) in [5.41, 5.74) is -0.290. The van der Waals surface area contributed by atoms with Gasteiger partial charge < -0.3 is 19.9 Å². The SMILES string of the molecule is COc1ccc(CNCCO)cc1OCc1ccc(F)c(C(F)(F)F)c1. The van der Waals surface area contributed by atoms with Gasteiger partial charge in [0.1, 0.15) is 12.4 Å². The van der Waals surface area contributed by atoms with E-state index in [4.69, 9.17) is 14.6 Å². The van der Waals surface area contributed by atoms with E-state index in [-0.39, 0.29) is 18.8 Å². The lowest BCUT2D eigenvalue weighted by atomic mass is 10.1. The fraction of sp³-hybridized carbons (Fsp3) is 0.333. The highest BCUT2D eigenvalue weighted by Gasteiger charge is 2.34. The third-order valence-electron chi connectivity index (χ3n) is 3.58. The van der Waals surface area contributed by atoms with Crippen molar-refractivity contribution in [3.8, 4) is 11.5 Å². The normalized spacial score (nSPS) is 11.5. The van der Waals surface area contributed by atoms with Crippen LogP contribution < -0.4 is 14.8 Å². The lowest BCUT2D eigenvalue weighted by molar-refractivity contribution is -0.140. The van der Waals surface area contributed by atoms with Crippen LogP contribution in [0.15, 0.2) is 36.4 Å². The molecule has 0 atom stereocenters. The molecule has 0 aliphatic rings. The smallest absolute Gasteiger partial charge is 0.419 e. The van der Waals surface area contributed by atoms with Crippen molar-refractivity contribution in [2.45, 2.75) is 19.3 Å². The number of hydrogen-bond acceptors (Lipinski definition) is 4. The second-order valence-electron chi connectivity index (χ2n) is 5.49. The van der Waals surface area contributed by atoms with Crippen LogP contribution in [0.25, 0.3) is 0 Å². The molecule has 0 fully saturated rings. The maximum absolute atomic E-state index is 13.3. The Morgan fingerprint density at radius 3 is 2.42 bits per heavy atom. The van der Waals surface area contributed by atoms with Crippen LogP contribution in [0, 0.1) is 5.82 Å². The number of nitrogens with one attached hydrogen (secondary N) is 1. The molecule has 0 unspecified atom stereocenters. The average Bonchev–Trinajstić information content (AvgIpc) is 2.60. The molecule has 0 heterocycles. The lowest BCUT2D eigenvalue weighted by Crippen LogP contribution is -2.17. The third-order valence-corrected chi connectivity index (χ3v) is 3.58. The molecule has 0 saturated heterocycles. The molecule has 26 heavy (non-hydrogen) atoms. The zero-order valence-corrected chi connectivity index (χ0v) is 14.1. The summed E-state index contributed by atoms with van der Waals surface area (Å²) >= 11 is 0. The second-order valence-corrected chi connectivity index (χ2v) is 5.49. The number of halogens is 4. The highest BCUT2D eigenvalue weighted by Crippen LogP contribution is 2.33. The van der Waals surface area contributed by atoms with E-state index in [2.05, 4.69) is 5.32 Å². The minimum atomic E-state index is -4.77. The van der Waals surface area contributed by atoms with E-state index >= 15 is 0 Å². The summed E-state index contributed by atoms with van der Waals surface area (Å²) in [6.07, 6.45) is -4.77.